The molecule has 1 heterocycles. The Balaban J connectivity index is 3.25. The lowest BCUT2D eigenvalue weighted by molar-refractivity contribution is -0.386. The van der Waals surface area contributed by atoms with Crippen molar-refractivity contribution in [1.82, 2.24) is 4.98 Å². The summed E-state index contributed by atoms with van der Waals surface area (Å²) < 4.78 is 44.0. The van der Waals surface area contributed by atoms with E-state index in [2.05, 4.69) is 14.5 Å². The van der Waals surface area contributed by atoms with Gasteiger partial charge >= 0.3 is 12.0 Å². The van der Waals surface area contributed by atoms with Crippen molar-refractivity contribution in [3.63, 3.8) is 0 Å². The standard InChI is InChI=1S/C8H7F3N2O4/c1-4-7(16-2)5(13(14)15)3-6(12-4)17-8(9,10)11/h3H,1-2H3. The average molecular weight is 252 g/mol. The number of methoxy groups -OCH3 is 1. The van der Waals surface area contributed by atoms with E-state index in [-0.39, 0.29) is 11.4 Å². The summed E-state index contributed by atoms with van der Waals surface area (Å²) in [5.41, 5.74) is -0.708. The van der Waals surface area contributed by atoms with Gasteiger partial charge in [0.1, 0.15) is 0 Å². The molecule has 1 aromatic rings. The van der Waals surface area contributed by atoms with Crippen LogP contribution in [0.25, 0.3) is 0 Å². The summed E-state index contributed by atoms with van der Waals surface area (Å²) in [5, 5.41) is 10.6. The van der Waals surface area contributed by atoms with Crippen molar-refractivity contribution >= 4 is 5.69 Å². The van der Waals surface area contributed by atoms with E-state index in [1.807, 2.05) is 0 Å². The average Bonchev–Trinajstić information content (AvgIpc) is 2.13. The van der Waals surface area contributed by atoms with Crippen LogP contribution in [0.1, 0.15) is 5.69 Å². The van der Waals surface area contributed by atoms with Crippen molar-refractivity contribution in [3.05, 3.63) is 21.9 Å². The molecule has 0 saturated carbocycles. The number of halogens is 3. The Bertz CT molecular complexity index is 447. The van der Waals surface area contributed by atoms with Crippen LogP contribution in [-0.2, 0) is 0 Å². The van der Waals surface area contributed by atoms with Gasteiger partial charge in [0.15, 0.2) is 0 Å². The maximum Gasteiger partial charge on any atom is 0.574 e. The summed E-state index contributed by atoms with van der Waals surface area (Å²) in [6.45, 7) is 1.27. The van der Waals surface area contributed by atoms with Gasteiger partial charge in [-0.15, -0.1) is 13.2 Å². The molecule has 0 aliphatic rings. The zero-order valence-corrected chi connectivity index (χ0v) is 8.74. The van der Waals surface area contributed by atoms with E-state index in [1.165, 1.54) is 6.92 Å². The molecule has 0 radical (unpaired) electrons. The Hall–Kier alpha value is -2.06. The van der Waals surface area contributed by atoms with E-state index >= 15 is 0 Å². The van der Waals surface area contributed by atoms with Gasteiger partial charge in [0.05, 0.1) is 23.8 Å². The number of aromatic nitrogens is 1. The molecular formula is C8H7F3N2O4. The second kappa shape index (κ2) is 4.44. The first-order chi connectivity index (χ1) is 7.74. The molecule has 0 atom stereocenters. The zero-order valence-electron chi connectivity index (χ0n) is 8.74. The van der Waals surface area contributed by atoms with Crippen molar-refractivity contribution in [2.24, 2.45) is 0 Å². The molecule has 0 fully saturated rings. The highest BCUT2D eigenvalue weighted by molar-refractivity contribution is 5.51. The summed E-state index contributed by atoms with van der Waals surface area (Å²) in [6.07, 6.45) is -4.96. The van der Waals surface area contributed by atoms with Crippen LogP contribution in [0.2, 0.25) is 0 Å². The quantitative estimate of drug-likeness (QED) is 0.609. The lowest BCUT2D eigenvalue weighted by atomic mass is 10.3. The van der Waals surface area contributed by atoms with Gasteiger partial charge in [0.25, 0.3) is 0 Å². The number of ether oxygens (including phenoxy) is 2. The lowest BCUT2D eigenvalue weighted by Crippen LogP contribution is -2.18. The molecule has 0 N–H and O–H groups in total. The topological polar surface area (TPSA) is 74.5 Å². The Labute approximate surface area is 93.1 Å². The molecule has 1 rings (SSSR count). The van der Waals surface area contributed by atoms with E-state index < -0.39 is 22.9 Å². The summed E-state index contributed by atoms with van der Waals surface area (Å²) in [6, 6.07) is 0.555. The predicted octanol–water partition coefficient (Wildman–Crippen LogP) is 2.21. The monoisotopic (exact) mass is 252 g/mol. The van der Waals surface area contributed by atoms with E-state index in [1.54, 1.807) is 0 Å². The van der Waals surface area contributed by atoms with Crippen LogP contribution in [0, 0.1) is 17.0 Å². The van der Waals surface area contributed by atoms with Gasteiger partial charge < -0.3 is 9.47 Å². The molecule has 0 aliphatic carbocycles. The first kappa shape index (κ1) is 13.0. The molecular weight excluding hydrogens is 245 g/mol. The lowest BCUT2D eigenvalue weighted by Gasteiger charge is -2.10. The van der Waals surface area contributed by atoms with Gasteiger partial charge in [-0.3, -0.25) is 10.1 Å². The fourth-order valence-corrected chi connectivity index (χ4v) is 1.17. The van der Waals surface area contributed by atoms with Gasteiger partial charge in [-0.25, -0.2) is 4.98 Å². The van der Waals surface area contributed by atoms with E-state index in [0.29, 0.717) is 6.07 Å². The molecule has 9 heteroatoms. The molecule has 0 unspecified atom stereocenters. The van der Waals surface area contributed by atoms with Gasteiger partial charge in [-0.2, -0.15) is 0 Å². The number of nitrogens with zero attached hydrogens (tertiary/aromatic N) is 2. The molecule has 0 aromatic carbocycles. The summed E-state index contributed by atoms with van der Waals surface area (Å²) >= 11 is 0. The minimum atomic E-state index is -4.96. The molecule has 94 valence electrons. The molecule has 6 nitrogen and oxygen atoms in total. The summed E-state index contributed by atoms with van der Waals surface area (Å²) in [4.78, 5) is 13.1. The fourth-order valence-electron chi connectivity index (χ4n) is 1.17. The Morgan fingerprint density at radius 1 is 1.47 bits per heavy atom. The number of hydrogen-bond acceptors (Lipinski definition) is 5. The normalized spacial score (nSPS) is 11.1. The van der Waals surface area contributed by atoms with Crippen molar-refractivity contribution in [2.45, 2.75) is 13.3 Å². The maximum absolute atomic E-state index is 11.9. The number of alkyl halides is 3. The first-order valence-electron chi connectivity index (χ1n) is 4.20. The number of aryl methyl sites for hydroxylation is 1. The summed E-state index contributed by atoms with van der Waals surface area (Å²) in [5.74, 6) is -1.10. The Morgan fingerprint density at radius 2 is 2.06 bits per heavy atom. The summed E-state index contributed by atoms with van der Waals surface area (Å²) in [7, 11) is 1.15. The second-order valence-corrected chi connectivity index (χ2v) is 2.90. The molecule has 0 amide bonds. The first-order valence-corrected chi connectivity index (χ1v) is 4.20. The Morgan fingerprint density at radius 3 is 2.47 bits per heavy atom. The van der Waals surface area contributed by atoms with Crippen LogP contribution in [0.4, 0.5) is 18.9 Å². The van der Waals surface area contributed by atoms with Crippen LogP contribution in [0.5, 0.6) is 11.6 Å². The highest BCUT2D eigenvalue weighted by atomic mass is 19.4. The van der Waals surface area contributed by atoms with Crippen molar-refractivity contribution in [2.75, 3.05) is 7.11 Å². The van der Waals surface area contributed by atoms with Crippen molar-refractivity contribution in [3.8, 4) is 11.6 Å². The van der Waals surface area contributed by atoms with E-state index in [9.17, 15) is 23.3 Å². The van der Waals surface area contributed by atoms with Crippen molar-refractivity contribution < 1.29 is 27.6 Å². The fraction of sp³-hybridized carbons (Fsp3) is 0.375. The van der Waals surface area contributed by atoms with Gasteiger partial charge in [0.2, 0.25) is 11.6 Å². The minimum absolute atomic E-state index is 0.0686. The Kier molecular flexibility index (Phi) is 3.39. The largest absolute Gasteiger partial charge is 0.574 e. The van der Waals surface area contributed by atoms with Gasteiger partial charge in [0, 0.05) is 0 Å². The third-order valence-corrected chi connectivity index (χ3v) is 1.72. The SMILES string of the molecule is COc1c([N+](=O)[O-])cc(OC(F)(F)F)nc1C. The van der Waals surface area contributed by atoms with Crippen LogP contribution in [0.3, 0.4) is 0 Å². The van der Waals surface area contributed by atoms with Crippen LogP contribution >= 0.6 is 0 Å². The van der Waals surface area contributed by atoms with E-state index in [4.69, 9.17) is 0 Å². The number of nitro groups is 1. The smallest absolute Gasteiger partial charge is 0.489 e. The van der Waals surface area contributed by atoms with Gasteiger partial charge in [-0.1, -0.05) is 0 Å². The number of hydrogen-bond donors (Lipinski definition) is 0. The third kappa shape index (κ3) is 3.20. The molecule has 1 aromatic heterocycles. The minimum Gasteiger partial charge on any atom is -0.489 e. The van der Waals surface area contributed by atoms with Crippen LogP contribution < -0.4 is 9.47 Å². The maximum atomic E-state index is 11.9. The predicted molar refractivity (Wildman–Crippen MR) is 48.9 cm³/mol. The molecule has 0 bridgehead atoms. The second-order valence-electron chi connectivity index (χ2n) is 2.90. The van der Waals surface area contributed by atoms with Crippen molar-refractivity contribution in [1.29, 1.82) is 0 Å². The molecule has 0 saturated heterocycles. The van der Waals surface area contributed by atoms with E-state index in [0.717, 1.165) is 7.11 Å². The highest BCUT2D eigenvalue weighted by Gasteiger charge is 2.33. The third-order valence-electron chi connectivity index (χ3n) is 1.72. The molecule has 17 heavy (non-hydrogen) atoms. The number of rotatable bonds is 3. The zero-order chi connectivity index (χ0) is 13.2. The molecule has 0 aliphatic heterocycles. The van der Waals surface area contributed by atoms with Crippen LogP contribution in [-0.4, -0.2) is 23.4 Å². The van der Waals surface area contributed by atoms with Gasteiger partial charge in [-0.05, 0) is 6.92 Å². The van der Waals surface area contributed by atoms with Crippen LogP contribution in [0.15, 0.2) is 6.07 Å². The molecule has 0 spiro atoms. The highest BCUT2D eigenvalue weighted by Crippen LogP contribution is 2.34. The number of pyridine rings is 1.